The number of aliphatic hydroxyl groups is 1. The summed E-state index contributed by atoms with van der Waals surface area (Å²) in [4.78, 5) is 0. The van der Waals surface area contributed by atoms with Gasteiger partial charge < -0.3 is 5.11 Å². The fourth-order valence-electron chi connectivity index (χ4n) is 4.44. The van der Waals surface area contributed by atoms with Crippen LogP contribution in [0.3, 0.4) is 0 Å². The second kappa shape index (κ2) is 4.13. The monoisotopic (exact) mass is 230 g/mol. The molecule has 0 bridgehead atoms. The Hall–Kier alpha value is -0.820. The van der Waals surface area contributed by atoms with Crippen LogP contribution in [0, 0.1) is 11.3 Å². The van der Waals surface area contributed by atoms with E-state index in [2.05, 4.69) is 37.3 Å². The van der Waals surface area contributed by atoms with Crippen molar-refractivity contribution < 1.29 is 5.11 Å². The van der Waals surface area contributed by atoms with Gasteiger partial charge in [0.05, 0.1) is 6.10 Å². The van der Waals surface area contributed by atoms with Crippen molar-refractivity contribution in [1.82, 2.24) is 0 Å². The lowest BCUT2D eigenvalue weighted by molar-refractivity contribution is 0.0402. The minimum atomic E-state index is -0.0716. The molecule has 3 rings (SSSR count). The summed E-state index contributed by atoms with van der Waals surface area (Å²) in [6.45, 7) is 2.36. The molecule has 92 valence electrons. The van der Waals surface area contributed by atoms with Crippen molar-refractivity contribution >= 4 is 0 Å². The summed E-state index contributed by atoms with van der Waals surface area (Å²) in [6, 6.07) is 10.9. The summed E-state index contributed by atoms with van der Waals surface area (Å²) in [5.74, 6) is 1.28. The van der Waals surface area contributed by atoms with Gasteiger partial charge in [0.2, 0.25) is 0 Å². The van der Waals surface area contributed by atoms with Crippen molar-refractivity contribution in [2.45, 2.75) is 51.0 Å². The standard InChI is InChI=1S/C16H22O/c1-12-9-11-16(10-5-8-14(16)17)15(12)13-6-3-2-4-7-13/h2-4,6-7,12,14-15,17H,5,8-11H2,1H3. The Balaban J connectivity index is 2.00. The van der Waals surface area contributed by atoms with E-state index >= 15 is 0 Å². The first kappa shape index (κ1) is 11.3. The van der Waals surface area contributed by atoms with Crippen LogP contribution in [0.4, 0.5) is 0 Å². The van der Waals surface area contributed by atoms with Gasteiger partial charge in [0.25, 0.3) is 0 Å². The first-order chi connectivity index (χ1) is 8.24. The van der Waals surface area contributed by atoms with Crippen LogP contribution >= 0.6 is 0 Å². The predicted octanol–water partition coefficient (Wildman–Crippen LogP) is 3.73. The van der Waals surface area contributed by atoms with E-state index in [0.717, 1.165) is 6.42 Å². The van der Waals surface area contributed by atoms with E-state index in [9.17, 15) is 5.11 Å². The van der Waals surface area contributed by atoms with Crippen LogP contribution in [0.2, 0.25) is 0 Å². The van der Waals surface area contributed by atoms with Crippen molar-refractivity contribution in [2.24, 2.45) is 11.3 Å². The van der Waals surface area contributed by atoms with Crippen molar-refractivity contribution in [3.05, 3.63) is 35.9 Å². The molecule has 1 N–H and O–H groups in total. The third-order valence-electron chi connectivity index (χ3n) is 5.20. The highest BCUT2D eigenvalue weighted by Gasteiger charge is 2.53. The first-order valence-electron chi connectivity index (χ1n) is 6.97. The minimum absolute atomic E-state index is 0.0716. The molecule has 2 aliphatic carbocycles. The minimum Gasteiger partial charge on any atom is -0.393 e. The molecular formula is C16H22O. The summed E-state index contributed by atoms with van der Waals surface area (Å²) in [5.41, 5.74) is 1.64. The third-order valence-corrected chi connectivity index (χ3v) is 5.20. The number of hydrogen-bond acceptors (Lipinski definition) is 1. The maximum Gasteiger partial charge on any atom is 0.0602 e. The lowest BCUT2D eigenvalue weighted by Crippen LogP contribution is -2.33. The molecule has 1 spiro atoms. The molecule has 0 aliphatic heterocycles. The average molecular weight is 230 g/mol. The van der Waals surface area contributed by atoms with E-state index in [0.29, 0.717) is 11.8 Å². The number of benzene rings is 1. The molecule has 1 heteroatoms. The molecule has 0 amide bonds. The fraction of sp³-hybridized carbons (Fsp3) is 0.625. The second-order valence-corrected chi connectivity index (χ2v) is 6.05. The Labute approximate surface area is 104 Å². The van der Waals surface area contributed by atoms with Gasteiger partial charge in [0, 0.05) is 5.41 Å². The van der Waals surface area contributed by atoms with Crippen LogP contribution in [0.5, 0.6) is 0 Å². The van der Waals surface area contributed by atoms with Gasteiger partial charge in [0.1, 0.15) is 0 Å². The van der Waals surface area contributed by atoms with Crippen molar-refractivity contribution in [3.63, 3.8) is 0 Å². The summed E-state index contributed by atoms with van der Waals surface area (Å²) in [7, 11) is 0. The Kier molecular flexibility index (Phi) is 2.74. The van der Waals surface area contributed by atoms with Crippen LogP contribution in [0.1, 0.15) is 50.5 Å². The van der Waals surface area contributed by atoms with E-state index in [1.807, 2.05) is 0 Å². The van der Waals surface area contributed by atoms with Gasteiger partial charge in [0.15, 0.2) is 0 Å². The van der Waals surface area contributed by atoms with Crippen LogP contribution < -0.4 is 0 Å². The Bertz CT molecular complexity index is 386. The maximum absolute atomic E-state index is 10.4. The zero-order chi connectivity index (χ0) is 11.9. The molecule has 2 fully saturated rings. The quantitative estimate of drug-likeness (QED) is 0.779. The molecule has 17 heavy (non-hydrogen) atoms. The van der Waals surface area contributed by atoms with E-state index in [1.165, 1.54) is 31.2 Å². The summed E-state index contributed by atoms with van der Waals surface area (Å²) < 4.78 is 0. The third kappa shape index (κ3) is 1.63. The molecule has 2 aliphatic rings. The molecule has 1 aromatic rings. The van der Waals surface area contributed by atoms with Gasteiger partial charge in [-0.15, -0.1) is 0 Å². The van der Waals surface area contributed by atoms with E-state index < -0.39 is 0 Å². The smallest absolute Gasteiger partial charge is 0.0602 e. The molecule has 2 saturated carbocycles. The Morgan fingerprint density at radius 3 is 2.53 bits per heavy atom. The first-order valence-corrected chi connectivity index (χ1v) is 6.97. The summed E-state index contributed by atoms with van der Waals surface area (Å²) in [6.07, 6.45) is 5.86. The van der Waals surface area contributed by atoms with Crippen molar-refractivity contribution in [3.8, 4) is 0 Å². The molecule has 0 radical (unpaired) electrons. The van der Waals surface area contributed by atoms with E-state index in [4.69, 9.17) is 0 Å². The average Bonchev–Trinajstić information content (AvgIpc) is 2.87. The van der Waals surface area contributed by atoms with E-state index in [1.54, 1.807) is 0 Å². The lowest BCUT2D eigenvalue weighted by Gasteiger charge is -2.36. The molecule has 0 aromatic heterocycles. The highest BCUT2D eigenvalue weighted by Crippen LogP contribution is 2.60. The molecule has 4 atom stereocenters. The second-order valence-electron chi connectivity index (χ2n) is 6.05. The maximum atomic E-state index is 10.4. The van der Waals surface area contributed by atoms with Gasteiger partial charge in [-0.2, -0.15) is 0 Å². The largest absolute Gasteiger partial charge is 0.393 e. The van der Waals surface area contributed by atoms with Crippen LogP contribution in [-0.4, -0.2) is 11.2 Å². The van der Waals surface area contributed by atoms with Gasteiger partial charge in [-0.1, -0.05) is 43.7 Å². The highest BCUT2D eigenvalue weighted by molar-refractivity contribution is 5.26. The van der Waals surface area contributed by atoms with E-state index in [-0.39, 0.29) is 11.5 Å². The van der Waals surface area contributed by atoms with Gasteiger partial charge in [-0.25, -0.2) is 0 Å². The molecular weight excluding hydrogens is 208 g/mol. The highest BCUT2D eigenvalue weighted by atomic mass is 16.3. The summed E-state index contributed by atoms with van der Waals surface area (Å²) in [5, 5.41) is 10.4. The molecule has 4 unspecified atom stereocenters. The topological polar surface area (TPSA) is 20.2 Å². The molecule has 1 aromatic carbocycles. The molecule has 0 heterocycles. The van der Waals surface area contributed by atoms with Gasteiger partial charge in [-0.3, -0.25) is 0 Å². The van der Waals surface area contributed by atoms with Gasteiger partial charge >= 0.3 is 0 Å². The van der Waals surface area contributed by atoms with Crippen molar-refractivity contribution in [1.29, 1.82) is 0 Å². The molecule has 1 nitrogen and oxygen atoms in total. The van der Waals surface area contributed by atoms with Gasteiger partial charge in [-0.05, 0) is 43.1 Å². The Morgan fingerprint density at radius 1 is 1.12 bits per heavy atom. The van der Waals surface area contributed by atoms with Crippen LogP contribution in [0.15, 0.2) is 30.3 Å². The lowest BCUT2D eigenvalue weighted by atomic mass is 9.69. The summed E-state index contributed by atoms with van der Waals surface area (Å²) >= 11 is 0. The number of hydrogen-bond donors (Lipinski definition) is 1. The SMILES string of the molecule is CC1CCC2(CCCC2O)C1c1ccccc1. The van der Waals surface area contributed by atoms with Crippen LogP contribution in [0.25, 0.3) is 0 Å². The zero-order valence-corrected chi connectivity index (χ0v) is 10.6. The number of aliphatic hydroxyl groups excluding tert-OH is 1. The van der Waals surface area contributed by atoms with Crippen LogP contribution in [-0.2, 0) is 0 Å². The van der Waals surface area contributed by atoms with Crippen molar-refractivity contribution in [2.75, 3.05) is 0 Å². The number of rotatable bonds is 1. The zero-order valence-electron chi connectivity index (χ0n) is 10.6. The predicted molar refractivity (Wildman–Crippen MR) is 69.9 cm³/mol. The molecule has 0 saturated heterocycles. The normalized spacial score (nSPS) is 41.2. The Morgan fingerprint density at radius 2 is 1.88 bits per heavy atom. The fourth-order valence-corrected chi connectivity index (χ4v) is 4.44.